The van der Waals surface area contributed by atoms with E-state index in [4.69, 9.17) is 4.74 Å². The largest absolute Gasteiger partial charge is 0.484 e. The van der Waals surface area contributed by atoms with Crippen molar-refractivity contribution in [1.29, 1.82) is 0 Å². The summed E-state index contributed by atoms with van der Waals surface area (Å²) in [5.74, 6) is 0.344. The number of aryl methyl sites for hydroxylation is 1. The van der Waals surface area contributed by atoms with Crippen LogP contribution >= 0.6 is 31.9 Å². The minimum absolute atomic E-state index is 0.0851. The Balaban J connectivity index is 1.88. The van der Waals surface area contributed by atoms with Crippen molar-refractivity contribution >= 4 is 43.5 Å². The second-order valence-electron chi connectivity index (χ2n) is 4.94. The smallest absolute Gasteiger partial charge is 0.277 e. The van der Waals surface area contributed by atoms with Gasteiger partial charge in [0.2, 0.25) is 0 Å². The van der Waals surface area contributed by atoms with E-state index < -0.39 is 0 Å². The monoisotopic (exact) mass is 438 g/mol. The molecule has 2 rings (SSSR count). The molecule has 0 aliphatic heterocycles. The van der Waals surface area contributed by atoms with Crippen molar-refractivity contribution in [3.05, 3.63) is 62.5 Å². The van der Waals surface area contributed by atoms with Crippen LogP contribution in [0, 0.1) is 6.92 Å². The molecule has 2 aromatic carbocycles. The lowest BCUT2D eigenvalue weighted by Crippen LogP contribution is -2.25. The lowest BCUT2D eigenvalue weighted by Gasteiger charge is -2.07. The first-order chi connectivity index (χ1) is 11.0. The maximum atomic E-state index is 11.8. The molecule has 0 bridgehead atoms. The second kappa shape index (κ2) is 8.26. The van der Waals surface area contributed by atoms with Gasteiger partial charge in [0, 0.05) is 8.95 Å². The number of carbonyl (C=O) groups is 1. The van der Waals surface area contributed by atoms with Crippen molar-refractivity contribution in [1.82, 2.24) is 5.43 Å². The number of hydrazone groups is 1. The molecule has 6 heteroatoms. The van der Waals surface area contributed by atoms with E-state index in [0.717, 1.165) is 25.8 Å². The van der Waals surface area contributed by atoms with E-state index in [-0.39, 0.29) is 12.5 Å². The Hall–Kier alpha value is -1.66. The van der Waals surface area contributed by atoms with Crippen LogP contribution in [0.15, 0.2) is 56.5 Å². The van der Waals surface area contributed by atoms with Gasteiger partial charge >= 0.3 is 0 Å². The summed E-state index contributed by atoms with van der Waals surface area (Å²) in [6.07, 6.45) is 0. The van der Waals surface area contributed by atoms with Crippen molar-refractivity contribution in [2.75, 3.05) is 6.61 Å². The number of benzene rings is 2. The van der Waals surface area contributed by atoms with Gasteiger partial charge in [-0.1, -0.05) is 44.0 Å². The number of amides is 1. The van der Waals surface area contributed by atoms with Crippen LogP contribution in [0.5, 0.6) is 5.75 Å². The van der Waals surface area contributed by atoms with E-state index in [1.807, 2.05) is 50.2 Å². The molecule has 0 spiro atoms. The number of hydrogen-bond donors (Lipinski definition) is 1. The SMILES string of the molecule is CC(=NNC(=O)COc1ccc(Br)c(C)c1)c1ccc(Br)cc1. The van der Waals surface area contributed by atoms with Gasteiger partial charge in [-0.3, -0.25) is 4.79 Å². The highest BCUT2D eigenvalue weighted by Gasteiger charge is 2.04. The normalized spacial score (nSPS) is 11.2. The predicted molar refractivity (Wildman–Crippen MR) is 98.9 cm³/mol. The van der Waals surface area contributed by atoms with Crippen LogP contribution in [0.25, 0.3) is 0 Å². The van der Waals surface area contributed by atoms with Gasteiger partial charge in [0.1, 0.15) is 5.75 Å². The molecule has 1 N–H and O–H groups in total. The van der Waals surface area contributed by atoms with Crippen molar-refractivity contribution in [2.45, 2.75) is 13.8 Å². The maximum absolute atomic E-state index is 11.8. The van der Waals surface area contributed by atoms with Gasteiger partial charge in [-0.15, -0.1) is 0 Å². The Labute approximate surface area is 152 Å². The maximum Gasteiger partial charge on any atom is 0.277 e. The molecule has 0 aromatic heterocycles. The van der Waals surface area contributed by atoms with Crippen LogP contribution in [0.4, 0.5) is 0 Å². The Morgan fingerprint density at radius 2 is 1.87 bits per heavy atom. The standard InChI is InChI=1S/C17H16Br2N2O2/c1-11-9-15(7-8-16(11)19)23-10-17(22)21-20-12(2)13-3-5-14(18)6-4-13/h3-9H,10H2,1-2H3,(H,21,22). The lowest BCUT2D eigenvalue weighted by atomic mass is 10.1. The summed E-state index contributed by atoms with van der Waals surface area (Å²) in [7, 11) is 0. The Morgan fingerprint density at radius 1 is 1.17 bits per heavy atom. The number of halogens is 2. The summed E-state index contributed by atoms with van der Waals surface area (Å²) in [6, 6.07) is 13.3. The van der Waals surface area contributed by atoms with Gasteiger partial charge in [-0.2, -0.15) is 5.10 Å². The molecular formula is C17H16Br2N2O2. The molecule has 0 heterocycles. The van der Waals surface area contributed by atoms with Crippen molar-refractivity contribution in [3.8, 4) is 5.75 Å². The highest BCUT2D eigenvalue weighted by molar-refractivity contribution is 9.10. The summed E-state index contributed by atoms with van der Waals surface area (Å²) in [4.78, 5) is 11.8. The first-order valence-corrected chi connectivity index (χ1v) is 8.52. The number of carbonyl (C=O) groups excluding carboxylic acids is 1. The summed E-state index contributed by atoms with van der Waals surface area (Å²) in [6.45, 7) is 3.71. The van der Waals surface area contributed by atoms with E-state index in [1.165, 1.54) is 0 Å². The fourth-order valence-electron chi connectivity index (χ4n) is 1.79. The van der Waals surface area contributed by atoms with Gasteiger partial charge in [0.15, 0.2) is 6.61 Å². The Bertz CT molecular complexity index is 728. The number of nitrogens with one attached hydrogen (secondary N) is 1. The topological polar surface area (TPSA) is 50.7 Å². The van der Waals surface area contributed by atoms with Gasteiger partial charge in [0.05, 0.1) is 5.71 Å². The lowest BCUT2D eigenvalue weighted by molar-refractivity contribution is -0.123. The molecule has 0 fully saturated rings. The molecule has 0 saturated carbocycles. The van der Waals surface area contributed by atoms with Crippen LogP contribution < -0.4 is 10.2 Å². The van der Waals surface area contributed by atoms with Crippen LogP contribution in [0.1, 0.15) is 18.1 Å². The van der Waals surface area contributed by atoms with Crippen molar-refractivity contribution in [3.63, 3.8) is 0 Å². The molecule has 4 nitrogen and oxygen atoms in total. The molecule has 0 aliphatic carbocycles. The summed E-state index contributed by atoms with van der Waals surface area (Å²) in [5.41, 5.74) is 5.21. The molecule has 120 valence electrons. The van der Waals surface area contributed by atoms with Crippen molar-refractivity contribution in [2.24, 2.45) is 5.10 Å². The van der Waals surface area contributed by atoms with Gasteiger partial charge in [-0.05, 0) is 55.3 Å². The summed E-state index contributed by atoms with van der Waals surface area (Å²) < 4.78 is 7.45. The minimum Gasteiger partial charge on any atom is -0.484 e. The zero-order valence-electron chi connectivity index (χ0n) is 12.8. The van der Waals surface area contributed by atoms with E-state index >= 15 is 0 Å². The third-order valence-corrected chi connectivity index (χ3v) is 4.53. The predicted octanol–water partition coefficient (Wildman–Crippen LogP) is 4.44. The third kappa shape index (κ3) is 5.48. The average molecular weight is 440 g/mol. The number of hydrogen-bond acceptors (Lipinski definition) is 3. The second-order valence-corrected chi connectivity index (χ2v) is 6.71. The third-order valence-electron chi connectivity index (χ3n) is 3.11. The van der Waals surface area contributed by atoms with E-state index in [9.17, 15) is 4.79 Å². The zero-order valence-corrected chi connectivity index (χ0v) is 15.9. The van der Waals surface area contributed by atoms with E-state index in [2.05, 4.69) is 42.4 Å². The molecule has 0 radical (unpaired) electrons. The molecule has 2 aromatic rings. The van der Waals surface area contributed by atoms with Crippen LogP contribution in [-0.4, -0.2) is 18.2 Å². The van der Waals surface area contributed by atoms with E-state index in [1.54, 1.807) is 6.07 Å². The molecule has 23 heavy (non-hydrogen) atoms. The molecule has 0 aliphatic rings. The number of ether oxygens (including phenoxy) is 1. The Kier molecular flexibility index (Phi) is 6.36. The fraction of sp³-hybridized carbons (Fsp3) is 0.176. The molecular weight excluding hydrogens is 424 g/mol. The van der Waals surface area contributed by atoms with Crippen LogP contribution in [0.3, 0.4) is 0 Å². The molecule has 0 unspecified atom stereocenters. The molecule has 1 amide bonds. The zero-order chi connectivity index (χ0) is 16.8. The van der Waals surface area contributed by atoms with Gasteiger partial charge in [-0.25, -0.2) is 5.43 Å². The van der Waals surface area contributed by atoms with Crippen molar-refractivity contribution < 1.29 is 9.53 Å². The highest BCUT2D eigenvalue weighted by atomic mass is 79.9. The number of rotatable bonds is 5. The summed E-state index contributed by atoms with van der Waals surface area (Å²) in [5, 5.41) is 4.08. The first kappa shape index (κ1) is 17.7. The van der Waals surface area contributed by atoms with E-state index in [0.29, 0.717) is 5.75 Å². The molecule has 0 atom stereocenters. The Morgan fingerprint density at radius 3 is 2.52 bits per heavy atom. The summed E-state index contributed by atoms with van der Waals surface area (Å²) >= 11 is 6.80. The average Bonchev–Trinajstić information content (AvgIpc) is 2.54. The highest BCUT2D eigenvalue weighted by Crippen LogP contribution is 2.21. The van der Waals surface area contributed by atoms with Gasteiger partial charge < -0.3 is 4.74 Å². The fourth-order valence-corrected chi connectivity index (χ4v) is 2.30. The van der Waals surface area contributed by atoms with Crippen LogP contribution in [0.2, 0.25) is 0 Å². The number of nitrogens with zero attached hydrogens (tertiary/aromatic N) is 1. The van der Waals surface area contributed by atoms with Crippen LogP contribution in [-0.2, 0) is 4.79 Å². The van der Waals surface area contributed by atoms with Gasteiger partial charge in [0.25, 0.3) is 5.91 Å². The first-order valence-electron chi connectivity index (χ1n) is 6.94. The molecule has 0 saturated heterocycles. The quantitative estimate of drug-likeness (QED) is 0.553. The minimum atomic E-state index is -0.304.